The summed E-state index contributed by atoms with van der Waals surface area (Å²) in [5.74, 6) is 1.21. The molecule has 0 saturated heterocycles. The maximum absolute atomic E-state index is 4.26. The van der Waals surface area contributed by atoms with Crippen LogP contribution in [0.15, 0.2) is 12.4 Å². The molecule has 4 heteroatoms. The molecule has 1 heterocycles. The van der Waals surface area contributed by atoms with Gasteiger partial charge in [0.2, 0.25) is 0 Å². The fraction of sp³-hybridized carbons (Fsp3) is 0.700. The lowest BCUT2D eigenvalue weighted by atomic mass is 10.4. The first-order valence-electron chi connectivity index (χ1n) is 5.01. The third-order valence-corrected chi connectivity index (χ3v) is 2.68. The molecule has 0 aromatic carbocycles. The van der Waals surface area contributed by atoms with Crippen LogP contribution < -0.4 is 5.32 Å². The molecule has 1 N–H and O–H groups in total. The Hall–Kier alpha value is -0.640. The second-order valence-electron chi connectivity index (χ2n) is 3.58. The minimum Gasteiger partial charge on any atom is -0.382 e. The normalized spacial score (nSPS) is 10.9. The number of nitrogens with one attached hydrogen (secondary N) is 1. The molecule has 3 nitrogen and oxygen atoms in total. The third kappa shape index (κ3) is 3.62. The van der Waals surface area contributed by atoms with Crippen molar-refractivity contribution in [3.05, 3.63) is 12.4 Å². The maximum Gasteiger partial charge on any atom is 0.0726 e. The van der Waals surface area contributed by atoms with Gasteiger partial charge in [0, 0.05) is 18.8 Å². The van der Waals surface area contributed by atoms with Crippen LogP contribution in [0.25, 0.3) is 0 Å². The van der Waals surface area contributed by atoms with E-state index in [2.05, 4.69) is 36.7 Å². The van der Waals surface area contributed by atoms with Crippen LogP contribution in [0.3, 0.4) is 0 Å². The molecule has 0 aliphatic carbocycles. The van der Waals surface area contributed by atoms with E-state index >= 15 is 0 Å². The van der Waals surface area contributed by atoms with Gasteiger partial charge in [0.15, 0.2) is 0 Å². The number of nitrogens with zero attached hydrogens (tertiary/aromatic N) is 2. The molecule has 0 fully saturated rings. The molecular formula is C10H19N3S. The first-order valence-corrected chi connectivity index (χ1v) is 6.40. The quantitative estimate of drug-likeness (QED) is 0.737. The minimum atomic E-state index is 0.441. The highest BCUT2D eigenvalue weighted by molar-refractivity contribution is 7.98. The van der Waals surface area contributed by atoms with Crippen molar-refractivity contribution in [2.75, 3.05) is 23.9 Å². The average molecular weight is 213 g/mol. The number of hydrogen-bond donors (Lipinski definition) is 1. The predicted molar refractivity (Wildman–Crippen MR) is 64.1 cm³/mol. The van der Waals surface area contributed by atoms with Crippen LogP contribution in [0.2, 0.25) is 0 Å². The number of thioether (sulfide) groups is 1. The molecule has 1 aromatic rings. The molecule has 1 aromatic heterocycles. The molecule has 0 atom stereocenters. The minimum absolute atomic E-state index is 0.441. The Morgan fingerprint density at radius 3 is 2.93 bits per heavy atom. The largest absolute Gasteiger partial charge is 0.382 e. The lowest BCUT2D eigenvalue weighted by Gasteiger charge is -2.04. The van der Waals surface area contributed by atoms with Crippen LogP contribution in [0, 0.1) is 0 Å². The summed E-state index contributed by atoms with van der Waals surface area (Å²) in [6.07, 6.45) is 7.29. The summed E-state index contributed by atoms with van der Waals surface area (Å²) < 4.78 is 1.97. The van der Waals surface area contributed by atoms with Crippen LogP contribution in [0.5, 0.6) is 0 Å². The summed E-state index contributed by atoms with van der Waals surface area (Å²) in [5, 5.41) is 7.62. The van der Waals surface area contributed by atoms with Gasteiger partial charge in [0.1, 0.15) is 0 Å². The summed E-state index contributed by atoms with van der Waals surface area (Å²) in [6.45, 7) is 5.29. The fourth-order valence-electron chi connectivity index (χ4n) is 1.16. The third-order valence-electron chi connectivity index (χ3n) is 1.98. The van der Waals surface area contributed by atoms with Gasteiger partial charge >= 0.3 is 0 Å². The molecule has 0 unspecified atom stereocenters. The van der Waals surface area contributed by atoms with Gasteiger partial charge in [0.05, 0.1) is 11.9 Å². The van der Waals surface area contributed by atoms with Gasteiger partial charge in [-0.1, -0.05) is 0 Å². The van der Waals surface area contributed by atoms with E-state index in [1.165, 1.54) is 12.2 Å². The zero-order chi connectivity index (χ0) is 10.4. The Kier molecular flexibility index (Phi) is 4.87. The second kappa shape index (κ2) is 5.96. The maximum atomic E-state index is 4.26. The molecule has 0 aliphatic rings. The topological polar surface area (TPSA) is 29.9 Å². The van der Waals surface area contributed by atoms with Gasteiger partial charge in [-0.15, -0.1) is 0 Å². The van der Waals surface area contributed by atoms with E-state index in [1.807, 2.05) is 22.6 Å². The Bertz CT molecular complexity index is 258. The molecular weight excluding hydrogens is 194 g/mol. The Morgan fingerprint density at radius 1 is 1.57 bits per heavy atom. The Morgan fingerprint density at radius 2 is 2.36 bits per heavy atom. The lowest BCUT2D eigenvalue weighted by Crippen LogP contribution is -2.02. The van der Waals surface area contributed by atoms with E-state index in [4.69, 9.17) is 0 Å². The highest BCUT2D eigenvalue weighted by Gasteiger charge is 2.00. The summed E-state index contributed by atoms with van der Waals surface area (Å²) in [4.78, 5) is 0. The van der Waals surface area contributed by atoms with Crippen LogP contribution in [0.1, 0.15) is 26.3 Å². The summed E-state index contributed by atoms with van der Waals surface area (Å²) >= 11 is 1.89. The standard InChI is InChI=1S/C10H19N3S/c1-9(2)13-8-10(7-12-13)11-5-4-6-14-3/h7-9,11H,4-6H2,1-3H3. The van der Waals surface area contributed by atoms with Crippen molar-refractivity contribution in [3.63, 3.8) is 0 Å². The molecule has 80 valence electrons. The fourth-order valence-corrected chi connectivity index (χ4v) is 1.59. The van der Waals surface area contributed by atoms with E-state index in [-0.39, 0.29) is 0 Å². The van der Waals surface area contributed by atoms with Crippen LogP contribution in [-0.4, -0.2) is 28.3 Å². The number of rotatable bonds is 6. The first kappa shape index (κ1) is 11.4. The Labute approximate surface area is 90.3 Å². The highest BCUT2D eigenvalue weighted by atomic mass is 32.2. The average Bonchev–Trinajstić information content (AvgIpc) is 2.61. The monoisotopic (exact) mass is 213 g/mol. The molecule has 0 radical (unpaired) electrons. The smallest absolute Gasteiger partial charge is 0.0726 e. The van der Waals surface area contributed by atoms with Crippen molar-refractivity contribution < 1.29 is 0 Å². The van der Waals surface area contributed by atoms with E-state index in [0.717, 1.165) is 12.2 Å². The molecule has 1 rings (SSSR count). The van der Waals surface area contributed by atoms with Crippen LogP contribution in [0.4, 0.5) is 5.69 Å². The van der Waals surface area contributed by atoms with Gasteiger partial charge in [-0.05, 0) is 32.3 Å². The molecule has 0 amide bonds. The van der Waals surface area contributed by atoms with E-state index in [9.17, 15) is 0 Å². The first-order chi connectivity index (χ1) is 6.74. The highest BCUT2D eigenvalue weighted by Crippen LogP contribution is 2.09. The molecule has 0 bridgehead atoms. The van der Waals surface area contributed by atoms with Crippen molar-refractivity contribution in [1.29, 1.82) is 0 Å². The second-order valence-corrected chi connectivity index (χ2v) is 4.56. The zero-order valence-electron chi connectivity index (χ0n) is 9.16. The van der Waals surface area contributed by atoms with Gasteiger partial charge in [-0.2, -0.15) is 16.9 Å². The summed E-state index contributed by atoms with van der Waals surface area (Å²) in [6, 6.07) is 0.441. The SMILES string of the molecule is CSCCCNc1cnn(C(C)C)c1. The van der Waals surface area contributed by atoms with Crippen molar-refractivity contribution >= 4 is 17.4 Å². The van der Waals surface area contributed by atoms with Crippen molar-refractivity contribution in [3.8, 4) is 0 Å². The van der Waals surface area contributed by atoms with Gasteiger partial charge in [-0.25, -0.2) is 0 Å². The molecule has 0 saturated carbocycles. The number of anilines is 1. The van der Waals surface area contributed by atoms with E-state index < -0.39 is 0 Å². The summed E-state index contributed by atoms with van der Waals surface area (Å²) in [5.41, 5.74) is 1.12. The molecule has 0 aliphatic heterocycles. The van der Waals surface area contributed by atoms with Gasteiger partial charge in [0.25, 0.3) is 0 Å². The van der Waals surface area contributed by atoms with Crippen molar-refractivity contribution in [2.24, 2.45) is 0 Å². The Balaban J connectivity index is 2.29. The van der Waals surface area contributed by atoms with Crippen LogP contribution in [-0.2, 0) is 0 Å². The molecule has 0 spiro atoms. The zero-order valence-corrected chi connectivity index (χ0v) is 9.97. The van der Waals surface area contributed by atoms with Gasteiger partial charge < -0.3 is 5.32 Å². The van der Waals surface area contributed by atoms with Gasteiger partial charge in [-0.3, -0.25) is 4.68 Å². The van der Waals surface area contributed by atoms with Crippen molar-refractivity contribution in [1.82, 2.24) is 9.78 Å². The number of hydrogen-bond acceptors (Lipinski definition) is 3. The summed E-state index contributed by atoms with van der Waals surface area (Å²) in [7, 11) is 0. The van der Waals surface area contributed by atoms with Crippen molar-refractivity contribution in [2.45, 2.75) is 26.3 Å². The van der Waals surface area contributed by atoms with Crippen LogP contribution >= 0.6 is 11.8 Å². The lowest BCUT2D eigenvalue weighted by molar-refractivity contribution is 0.532. The van der Waals surface area contributed by atoms with E-state index in [0.29, 0.717) is 6.04 Å². The molecule has 14 heavy (non-hydrogen) atoms. The van der Waals surface area contributed by atoms with E-state index in [1.54, 1.807) is 0 Å². The predicted octanol–water partition coefficient (Wildman–Crippen LogP) is 2.63. The number of aromatic nitrogens is 2.